The molecule has 0 saturated carbocycles. The number of rotatable bonds is 5. The first-order valence-corrected chi connectivity index (χ1v) is 12.1. The van der Waals surface area contributed by atoms with Gasteiger partial charge in [-0.2, -0.15) is 4.83 Å². The fraction of sp³-hybridized carbons (Fsp3) is 0.360. The van der Waals surface area contributed by atoms with Gasteiger partial charge in [0.05, 0.1) is 12.8 Å². The van der Waals surface area contributed by atoms with Gasteiger partial charge in [-0.25, -0.2) is 9.80 Å². The van der Waals surface area contributed by atoms with Crippen molar-refractivity contribution in [2.45, 2.75) is 39.2 Å². The Morgan fingerprint density at radius 1 is 1.09 bits per heavy atom. The van der Waals surface area contributed by atoms with Crippen molar-refractivity contribution < 1.29 is 4.74 Å². The molecule has 0 aliphatic carbocycles. The molecule has 0 fully saturated rings. The summed E-state index contributed by atoms with van der Waals surface area (Å²) in [5, 5.41) is 2.22. The number of hydrogen-bond acceptors (Lipinski definition) is 6. The van der Waals surface area contributed by atoms with Gasteiger partial charge in [0, 0.05) is 36.5 Å². The van der Waals surface area contributed by atoms with Gasteiger partial charge in [0.2, 0.25) is 0 Å². The Hall–Kier alpha value is -2.81. The zero-order chi connectivity index (χ0) is 23.8. The fourth-order valence-electron chi connectivity index (χ4n) is 4.29. The van der Waals surface area contributed by atoms with Crippen LogP contribution in [0.3, 0.4) is 0 Å². The van der Waals surface area contributed by atoms with Crippen LogP contribution >= 0.6 is 11.9 Å². The highest BCUT2D eigenvalue weighted by atomic mass is 32.2. The van der Waals surface area contributed by atoms with E-state index in [4.69, 9.17) is 4.74 Å². The van der Waals surface area contributed by atoms with Crippen LogP contribution in [0.25, 0.3) is 16.8 Å². The highest BCUT2D eigenvalue weighted by Gasteiger charge is 2.25. The van der Waals surface area contributed by atoms with E-state index in [-0.39, 0.29) is 5.41 Å². The number of hydrogen-bond donors (Lipinski definition) is 2. The molecule has 0 saturated heterocycles. The zero-order valence-electron chi connectivity index (χ0n) is 19.7. The highest BCUT2D eigenvalue weighted by Crippen LogP contribution is 2.41. The highest BCUT2D eigenvalue weighted by molar-refractivity contribution is 7.96. The lowest BCUT2D eigenvalue weighted by Crippen LogP contribution is -2.37. The Morgan fingerprint density at radius 2 is 1.88 bits per heavy atom. The van der Waals surface area contributed by atoms with Crippen molar-refractivity contribution in [2.24, 2.45) is 0 Å². The van der Waals surface area contributed by atoms with Crippen LogP contribution in [0.2, 0.25) is 0 Å². The van der Waals surface area contributed by atoms with Crippen molar-refractivity contribution in [2.75, 3.05) is 19.9 Å². The molecule has 7 nitrogen and oxygen atoms in total. The summed E-state index contributed by atoms with van der Waals surface area (Å²) >= 11 is 1.60. The number of nitrogens with zero attached hydrogens (tertiary/aromatic N) is 2. The molecule has 0 spiro atoms. The van der Waals surface area contributed by atoms with Gasteiger partial charge in [-0.15, -0.1) is 0 Å². The van der Waals surface area contributed by atoms with E-state index in [2.05, 4.69) is 53.8 Å². The average molecular weight is 467 g/mol. The largest absolute Gasteiger partial charge is 0.496 e. The number of methoxy groups -OCH3 is 1. The molecule has 0 unspecified atom stereocenters. The van der Waals surface area contributed by atoms with E-state index in [9.17, 15) is 9.59 Å². The molecule has 2 N–H and O–H groups in total. The molecule has 4 rings (SSSR count). The Kier molecular flexibility index (Phi) is 6.52. The molecule has 1 aromatic heterocycles. The molecular formula is C25H30N4O3S. The standard InChI is InChI=1S/C25H30N4O3S/c1-25(2,3)21-14-19(29-11-9-22(30)26-24(29)31)13-20(23(21)32-4)17-6-7-18-15-28(27-33-5)10-8-16(18)12-17/h6-7,9,11-14,27H,8,10,15H2,1-5H3,(H,26,30,31). The van der Waals surface area contributed by atoms with Crippen LogP contribution in [0.1, 0.15) is 37.5 Å². The van der Waals surface area contributed by atoms with Gasteiger partial charge in [-0.05, 0) is 46.9 Å². The summed E-state index contributed by atoms with van der Waals surface area (Å²) in [4.78, 5) is 29.8. The molecule has 1 aliphatic heterocycles. The van der Waals surface area contributed by atoms with Gasteiger partial charge in [-0.3, -0.25) is 14.3 Å². The third-order valence-electron chi connectivity index (χ3n) is 5.94. The molecule has 2 heterocycles. The number of aromatic amines is 1. The van der Waals surface area contributed by atoms with Crippen molar-refractivity contribution in [3.8, 4) is 22.6 Å². The third kappa shape index (κ3) is 4.78. The monoisotopic (exact) mass is 466 g/mol. The SMILES string of the molecule is COc1c(-c2ccc3c(c2)CCN(NSC)C3)cc(-n2ccc(=O)[nH]c2=O)cc1C(C)(C)C. The molecule has 0 amide bonds. The van der Waals surface area contributed by atoms with Crippen LogP contribution in [0, 0.1) is 0 Å². The normalized spacial score (nSPS) is 14.2. The second-order valence-corrected chi connectivity index (χ2v) is 9.85. The van der Waals surface area contributed by atoms with E-state index in [1.54, 1.807) is 19.1 Å². The first-order valence-electron chi connectivity index (χ1n) is 10.9. The number of nitrogens with one attached hydrogen (secondary N) is 2. The first-order chi connectivity index (χ1) is 15.7. The Morgan fingerprint density at radius 3 is 2.55 bits per heavy atom. The Balaban J connectivity index is 1.89. The number of ether oxygens (including phenoxy) is 1. The molecule has 33 heavy (non-hydrogen) atoms. The first kappa shape index (κ1) is 23.4. The second-order valence-electron chi connectivity index (χ2n) is 9.25. The van der Waals surface area contributed by atoms with Gasteiger partial charge in [-0.1, -0.05) is 50.9 Å². The van der Waals surface area contributed by atoms with Crippen LogP contribution in [0.5, 0.6) is 5.75 Å². The molecule has 3 aromatic rings. The maximum absolute atomic E-state index is 12.5. The summed E-state index contributed by atoms with van der Waals surface area (Å²) in [7, 11) is 1.68. The van der Waals surface area contributed by atoms with Crippen molar-refractivity contribution in [1.29, 1.82) is 0 Å². The van der Waals surface area contributed by atoms with Gasteiger partial charge >= 0.3 is 5.69 Å². The van der Waals surface area contributed by atoms with E-state index >= 15 is 0 Å². The number of aromatic nitrogens is 2. The fourth-order valence-corrected chi connectivity index (χ4v) is 4.71. The van der Waals surface area contributed by atoms with Crippen molar-refractivity contribution >= 4 is 11.9 Å². The van der Waals surface area contributed by atoms with Crippen LogP contribution in [0.15, 0.2) is 52.2 Å². The summed E-state index contributed by atoms with van der Waals surface area (Å²) in [6.45, 7) is 8.15. The van der Waals surface area contributed by atoms with E-state index in [0.717, 1.165) is 42.0 Å². The average Bonchev–Trinajstić information content (AvgIpc) is 2.77. The van der Waals surface area contributed by atoms with E-state index in [0.29, 0.717) is 5.69 Å². The van der Waals surface area contributed by atoms with Crippen LogP contribution in [-0.4, -0.2) is 34.5 Å². The molecule has 174 valence electrons. The van der Waals surface area contributed by atoms with Crippen molar-refractivity contribution in [1.82, 2.24) is 19.4 Å². The second kappa shape index (κ2) is 9.21. The Labute approximate surface area is 197 Å². The number of fused-ring (bicyclic) bond motifs is 1. The minimum atomic E-state index is -0.467. The van der Waals surface area contributed by atoms with Crippen LogP contribution in [-0.2, 0) is 18.4 Å². The summed E-state index contributed by atoms with van der Waals surface area (Å²) in [6.07, 6.45) is 4.49. The van der Waals surface area contributed by atoms with Crippen LogP contribution < -0.4 is 20.8 Å². The molecular weight excluding hydrogens is 436 g/mol. The lowest BCUT2D eigenvalue weighted by molar-refractivity contribution is 0.231. The summed E-state index contributed by atoms with van der Waals surface area (Å²) < 4.78 is 7.39. The quantitative estimate of drug-likeness (QED) is 0.559. The Bertz CT molecular complexity index is 1290. The lowest BCUT2D eigenvalue weighted by atomic mass is 9.83. The smallest absolute Gasteiger partial charge is 0.332 e. The number of hydrazine groups is 1. The maximum atomic E-state index is 12.5. The summed E-state index contributed by atoms with van der Waals surface area (Å²) in [6, 6.07) is 11.8. The minimum Gasteiger partial charge on any atom is -0.496 e. The predicted molar refractivity (Wildman–Crippen MR) is 134 cm³/mol. The number of H-pyrrole nitrogens is 1. The van der Waals surface area contributed by atoms with Crippen molar-refractivity contribution in [3.63, 3.8) is 0 Å². The third-order valence-corrected chi connectivity index (χ3v) is 6.38. The summed E-state index contributed by atoms with van der Waals surface area (Å²) in [5.74, 6) is 0.796. The lowest BCUT2D eigenvalue weighted by Gasteiger charge is -2.29. The molecule has 2 aromatic carbocycles. The van der Waals surface area contributed by atoms with E-state index in [1.807, 2.05) is 18.4 Å². The van der Waals surface area contributed by atoms with E-state index < -0.39 is 11.2 Å². The maximum Gasteiger partial charge on any atom is 0.332 e. The van der Waals surface area contributed by atoms with Gasteiger partial charge in [0.25, 0.3) is 5.56 Å². The van der Waals surface area contributed by atoms with Gasteiger partial charge in [0.1, 0.15) is 5.75 Å². The van der Waals surface area contributed by atoms with Gasteiger partial charge < -0.3 is 4.74 Å². The van der Waals surface area contributed by atoms with Crippen molar-refractivity contribution in [3.05, 3.63) is 80.1 Å². The molecule has 8 heteroatoms. The number of benzene rings is 2. The summed E-state index contributed by atoms with van der Waals surface area (Å²) in [5.41, 5.74) is 5.15. The predicted octanol–water partition coefficient (Wildman–Crippen LogP) is 3.64. The molecule has 1 aliphatic rings. The van der Waals surface area contributed by atoms with E-state index in [1.165, 1.54) is 28.0 Å². The zero-order valence-corrected chi connectivity index (χ0v) is 20.5. The van der Waals surface area contributed by atoms with Gasteiger partial charge in [0.15, 0.2) is 0 Å². The minimum absolute atomic E-state index is 0.222. The van der Waals surface area contributed by atoms with Crippen LogP contribution in [0.4, 0.5) is 0 Å². The molecule has 0 atom stereocenters. The topological polar surface area (TPSA) is 79.4 Å². The molecule has 0 bridgehead atoms. The molecule has 0 radical (unpaired) electrons.